The zero-order valence-electron chi connectivity index (χ0n) is 15.0. The lowest BCUT2D eigenvalue weighted by atomic mass is 10.1. The third-order valence-corrected chi connectivity index (χ3v) is 5.27. The van der Waals surface area contributed by atoms with Gasteiger partial charge in [0.05, 0.1) is 21.9 Å². The molecule has 5 nitrogen and oxygen atoms in total. The zero-order chi connectivity index (χ0) is 20.1. The van der Waals surface area contributed by atoms with Gasteiger partial charge in [0, 0.05) is 0 Å². The van der Waals surface area contributed by atoms with Gasteiger partial charge in [-0.2, -0.15) is 15.8 Å². The van der Waals surface area contributed by atoms with Crippen LogP contribution >= 0.6 is 11.3 Å². The molecule has 0 bridgehead atoms. The minimum absolute atomic E-state index is 0.108. The molecule has 134 valence electrons. The second-order valence-electron chi connectivity index (χ2n) is 5.91. The molecule has 6 heteroatoms. The molecule has 0 spiro atoms. The molecular formula is C22H14N4OS. The van der Waals surface area contributed by atoms with Gasteiger partial charge >= 0.3 is 0 Å². The number of benzene rings is 2. The van der Waals surface area contributed by atoms with E-state index in [0.29, 0.717) is 20.4 Å². The molecule has 0 amide bonds. The van der Waals surface area contributed by atoms with E-state index in [2.05, 4.69) is 6.07 Å². The first-order valence-corrected chi connectivity index (χ1v) is 9.30. The number of aryl methyl sites for hydroxylation is 1. The summed E-state index contributed by atoms with van der Waals surface area (Å²) in [4.78, 5) is 13.1. The highest BCUT2D eigenvalue weighted by Crippen LogP contribution is 2.09. The minimum Gasteiger partial charge on any atom is -0.267 e. The van der Waals surface area contributed by atoms with Crippen LogP contribution in [0.2, 0.25) is 0 Å². The van der Waals surface area contributed by atoms with E-state index < -0.39 is 0 Å². The molecule has 0 saturated carbocycles. The average molecular weight is 382 g/mol. The highest BCUT2D eigenvalue weighted by atomic mass is 32.1. The topological polar surface area (TPSA) is 93.4 Å². The van der Waals surface area contributed by atoms with Crippen molar-refractivity contribution in [1.29, 1.82) is 15.8 Å². The molecular weight excluding hydrogens is 368 g/mol. The fourth-order valence-corrected chi connectivity index (χ4v) is 3.78. The molecule has 2 aromatic carbocycles. The summed E-state index contributed by atoms with van der Waals surface area (Å²) >= 11 is 1.10. The summed E-state index contributed by atoms with van der Waals surface area (Å²) in [6.45, 7) is 2.02. The van der Waals surface area contributed by atoms with E-state index >= 15 is 0 Å². The number of hydrogen-bond donors (Lipinski definition) is 0. The van der Waals surface area contributed by atoms with E-state index in [9.17, 15) is 15.3 Å². The molecule has 0 atom stereocenters. The zero-order valence-corrected chi connectivity index (χ0v) is 15.8. The van der Waals surface area contributed by atoms with Crippen molar-refractivity contribution >= 4 is 23.0 Å². The van der Waals surface area contributed by atoms with E-state index in [1.807, 2.05) is 37.3 Å². The van der Waals surface area contributed by atoms with Crippen LogP contribution in [0.5, 0.6) is 0 Å². The van der Waals surface area contributed by atoms with Gasteiger partial charge < -0.3 is 0 Å². The fraction of sp³-hybridized carbons (Fsp3) is 0.0909. The van der Waals surface area contributed by atoms with E-state index in [-0.39, 0.29) is 11.1 Å². The van der Waals surface area contributed by atoms with Crippen molar-refractivity contribution in [3.8, 4) is 23.9 Å². The molecule has 0 saturated heterocycles. The minimum atomic E-state index is -0.291. The predicted octanol–water partition coefficient (Wildman–Crippen LogP) is 2.36. The van der Waals surface area contributed by atoms with E-state index in [1.165, 1.54) is 4.57 Å². The van der Waals surface area contributed by atoms with Gasteiger partial charge in [-0.3, -0.25) is 9.36 Å². The number of nitriles is 3. The molecule has 0 aliphatic carbocycles. The van der Waals surface area contributed by atoms with Gasteiger partial charge in [0.1, 0.15) is 16.8 Å². The fourth-order valence-electron chi connectivity index (χ4n) is 2.73. The van der Waals surface area contributed by atoms with Gasteiger partial charge in [-0.25, -0.2) is 0 Å². The first kappa shape index (κ1) is 18.9. The normalized spacial score (nSPS) is 10.7. The van der Waals surface area contributed by atoms with Crippen LogP contribution in [0.25, 0.3) is 17.3 Å². The van der Waals surface area contributed by atoms with E-state index in [1.54, 1.807) is 36.4 Å². The van der Waals surface area contributed by atoms with Crippen molar-refractivity contribution in [1.82, 2.24) is 4.57 Å². The highest BCUT2D eigenvalue weighted by molar-refractivity contribution is 7.07. The highest BCUT2D eigenvalue weighted by Gasteiger charge is 2.11. The molecule has 0 radical (unpaired) electrons. The molecule has 0 fully saturated rings. The molecule has 1 heterocycles. The summed E-state index contributed by atoms with van der Waals surface area (Å²) in [6, 6.07) is 20.1. The Morgan fingerprint density at radius 2 is 1.82 bits per heavy atom. The summed E-state index contributed by atoms with van der Waals surface area (Å²) < 4.78 is 2.13. The predicted molar refractivity (Wildman–Crippen MR) is 108 cm³/mol. The monoisotopic (exact) mass is 382 g/mol. The van der Waals surface area contributed by atoms with Crippen LogP contribution in [-0.4, -0.2) is 4.57 Å². The Morgan fingerprint density at radius 1 is 1.11 bits per heavy atom. The Balaban J connectivity index is 2.34. The maximum absolute atomic E-state index is 13.1. The quantitative estimate of drug-likeness (QED) is 0.695. The smallest absolute Gasteiger partial charge is 0.267 e. The van der Waals surface area contributed by atoms with Gasteiger partial charge in [0.2, 0.25) is 0 Å². The SMILES string of the molecule is CCc1cccc(-n2c(=C(C#N)C#N)s/c(=C/c3ccc(C#N)cc3)c2=O)c1. The Hall–Kier alpha value is -3.92. The molecule has 28 heavy (non-hydrogen) atoms. The Kier molecular flexibility index (Phi) is 5.51. The van der Waals surface area contributed by atoms with Crippen LogP contribution in [-0.2, 0) is 6.42 Å². The summed E-state index contributed by atoms with van der Waals surface area (Å²) in [5.74, 6) is 0. The van der Waals surface area contributed by atoms with Crippen LogP contribution < -0.4 is 14.8 Å². The third-order valence-electron chi connectivity index (χ3n) is 4.18. The van der Waals surface area contributed by atoms with E-state index in [0.717, 1.165) is 28.9 Å². The molecule has 0 unspecified atom stereocenters. The molecule has 3 aromatic rings. The number of aromatic nitrogens is 1. The standard InChI is InChI=1S/C22H14N4OS/c1-2-15-4-3-5-19(10-15)26-21(27)20(28-22(26)18(13-24)14-25)11-16-6-8-17(12-23)9-7-16/h3-11H,2H2,1H3/b20-11+. The van der Waals surface area contributed by atoms with Crippen LogP contribution in [0.3, 0.4) is 0 Å². The summed E-state index contributed by atoms with van der Waals surface area (Å²) in [5, 5.41) is 27.6. The number of nitrogens with zero attached hydrogens (tertiary/aromatic N) is 4. The number of rotatable bonds is 3. The number of thiazole rings is 1. The van der Waals surface area contributed by atoms with E-state index in [4.69, 9.17) is 5.26 Å². The molecule has 0 aliphatic rings. The summed E-state index contributed by atoms with van der Waals surface area (Å²) in [7, 11) is 0. The van der Waals surface area contributed by atoms with Crippen molar-refractivity contribution in [3.05, 3.63) is 84.8 Å². The van der Waals surface area contributed by atoms with Crippen LogP contribution in [0.4, 0.5) is 0 Å². The Labute approximate surface area is 165 Å². The molecule has 1 aromatic heterocycles. The summed E-state index contributed by atoms with van der Waals surface area (Å²) in [6.07, 6.45) is 2.50. The molecule has 0 aliphatic heterocycles. The van der Waals surface area contributed by atoms with Gasteiger partial charge in [0.25, 0.3) is 5.56 Å². The first-order chi connectivity index (χ1) is 13.6. The van der Waals surface area contributed by atoms with Gasteiger partial charge in [-0.1, -0.05) is 31.2 Å². The average Bonchev–Trinajstić information content (AvgIpc) is 3.05. The van der Waals surface area contributed by atoms with Crippen molar-refractivity contribution in [2.45, 2.75) is 13.3 Å². The lowest BCUT2D eigenvalue weighted by Gasteiger charge is -2.04. The van der Waals surface area contributed by atoms with Gasteiger partial charge in [-0.15, -0.1) is 11.3 Å². The van der Waals surface area contributed by atoms with Crippen LogP contribution in [0.15, 0.2) is 53.3 Å². The van der Waals surface area contributed by atoms with Crippen molar-refractivity contribution in [2.75, 3.05) is 0 Å². The largest absolute Gasteiger partial charge is 0.273 e. The first-order valence-electron chi connectivity index (χ1n) is 8.48. The maximum atomic E-state index is 13.1. The second-order valence-corrected chi connectivity index (χ2v) is 6.94. The lowest BCUT2D eigenvalue weighted by Crippen LogP contribution is -2.30. The van der Waals surface area contributed by atoms with Crippen molar-refractivity contribution in [3.63, 3.8) is 0 Å². The Bertz CT molecular complexity index is 1320. The van der Waals surface area contributed by atoms with Crippen molar-refractivity contribution < 1.29 is 0 Å². The molecule has 3 rings (SSSR count). The number of hydrogen-bond acceptors (Lipinski definition) is 5. The lowest BCUT2D eigenvalue weighted by molar-refractivity contribution is 0.979. The van der Waals surface area contributed by atoms with Crippen LogP contribution in [0, 0.1) is 34.0 Å². The third kappa shape index (κ3) is 3.62. The molecule has 0 N–H and O–H groups in total. The second kappa shape index (κ2) is 8.18. The summed E-state index contributed by atoms with van der Waals surface area (Å²) in [5.41, 5.74) is 2.56. The van der Waals surface area contributed by atoms with Gasteiger partial charge in [-0.05, 0) is 47.9 Å². The maximum Gasteiger partial charge on any atom is 0.273 e. The van der Waals surface area contributed by atoms with Gasteiger partial charge in [0.15, 0.2) is 5.57 Å². The van der Waals surface area contributed by atoms with Crippen molar-refractivity contribution in [2.24, 2.45) is 0 Å². The van der Waals surface area contributed by atoms with Crippen LogP contribution in [0.1, 0.15) is 23.6 Å². The Morgan fingerprint density at radius 3 is 2.43 bits per heavy atom.